The zero-order chi connectivity index (χ0) is 24.0. The lowest BCUT2D eigenvalue weighted by Crippen LogP contribution is -2.42. The molecule has 2 aliphatic rings. The second-order valence-electron chi connectivity index (χ2n) is 8.68. The van der Waals surface area contributed by atoms with Gasteiger partial charge in [-0.05, 0) is 29.8 Å². The molecule has 0 N–H and O–H groups in total. The summed E-state index contributed by atoms with van der Waals surface area (Å²) in [7, 11) is 1.67. The first kappa shape index (κ1) is 23.1. The van der Waals surface area contributed by atoms with E-state index in [0.717, 1.165) is 47.3 Å². The molecule has 182 valence electrons. The summed E-state index contributed by atoms with van der Waals surface area (Å²) in [5.74, 6) is 3.18. The Balaban J connectivity index is 1.37. The van der Waals surface area contributed by atoms with Crippen molar-refractivity contribution in [1.29, 1.82) is 0 Å². The standard InChI is InChI=1S/C27H30N4O4/c1-33-22-9-5-6-20(16-22)17-25-28-24-10-11-31(26(32)19-35-21-7-3-2-4-8-21)18-23(24)27(29-25)30-12-14-34-15-13-30/h2-9,16H,10-15,17-19H2,1H3. The summed E-state index contributed by atoms with van der Waals surface area (Å²) < 4.78 is 16.6. The SMILES string of the molecule is COc1cccc(Cc2nc3c(c(N4CCOCC4)n2)CN(C(=O)COc2ccccc2)CC3)c1. The Bertz CT molecular complexity index is 1170. The van der Waals surface area contributed by atoms with Gasteiger partial charge in [0.25, 0.3) is 5.91 Å². The smallest absolute Gasteiger partial charge is 0.260 e. The highest BCUT2D eigenvalue weighted by atomic mass is 16.5. The third-order valence-corrected chi connectivity index (χ3v) is 6.35. The van der Waals surface area contributed by atoms with Gasteiger partial charge in [0.05, 0.1) is 32.6 Å². The Kier molecular flexibility index (Phi) is 7.09. The van der Waals surface area contributed by atoms with Crippen LogP contribution in [0.25, 0.3) is 0 Å². The summed E-state index contributed by atoms with van der Waals surface area (Å²) in [4.78, 5) is 27.0. The van der Waals surface area contributed by atoms with Crippen molar-refractivity contribution in [1.82, 2.24) is 14.9 Å². The molecule has 0 unspecified atom stereocenters. The molecule has 0 spiro atoms. The minimum Gasteiger partial charge on any atom is -0.497 e. The van der Waals surface area contributed by atoms with Crippen LogP contribution in [0, 0.1) is 0 Å². The van der Waals surface area contributed by atoms with Crippen molar-refractivity contribution >= 4 is 11.7 Å². The van der Waals surface area contributed by atoms with Gasteiger partial charge in [-0.15, -0.1) is 0 Å². The minimum atomic E-state index is -0.0344. The lowest BCUT2D eigenvalue weighted by Gasteiger charge is -2.34. The third kappa shape index (κ3) is 5.54. The van der Waals surface area contributed by atoms with Crippen molar-refractivity contribution in [2.24, 2.45) is 0 Å². The number of rotatable bonds is 7. The van der Waals surface area contributed by atoms with E-state index in [0.29, 0.717) is 44.9 Å². The van der Waals surface area contributed by atoms with E-state index < -0.39 is 0 Å². The number of carbonyl (C=O) groups is 1. The van der Waals surface area contributed by atoms with Crippen LogP contribution in [0.5, 0.6) is 11.5 Å². The van der Waals surface area contributed by atoms with E-state index in [-0.39, 0.29) is 12.5 Å². The topological polar surface area (TPSA) is 77.0 Å². The molecule has 0 radical (unpaired) electrons. The van der Waals surface area contributed by atoms with E-state index in [1.807, 2.05) is 53.4 Å². The highest BCUT2D eigenvalue weighted by molar-refractivity contribution is 5.78. The summed E-state index contributed by atoms with van der Waals surface area (Å²) in [5, 5.41) is 0. The Labute approximate surface area is 205 Å². The molecule has 3 heterocycles. The number of anilines is 1. The monoisotopic (exact) mass is 474 g/mol. The molecule has 0 bridgehead atoms. The van der Waals surface area contributed by atoms with Gasteiger partial charge in [0.2, 0.25) is 0 Å². The zero-order valence-electron chi connectivity index (χ0n) is 20.0. The van der Waals surface area contributed by atoms with Crippen LogP contribution in [0.2, 0.25) is 0 Å². The van der Waals surface area contributed by atoms with Gasteiger partial charge in [-0.3, -0.25) is 4.79 Å². The van der Waals surface area contributed by atoms with Crippen molar-refractivity contribution in [3.8, 4) is 11.5 Å². The quantitative estimate of drug-likeness (QED) is 0.521. The van der Waals surface area contributed by atoms with E-state index in [4.69, 9.17) is 24.2 Å². The maximum atomic E-state index is 13.0. The lowest BCUT2D eigenvalue weighted by atomic mass is 10.0. The second kappa shape index (κ2) is 10.7. The average Bonchev–Trinajstić information content (AvgIpc) is 2.92. The first-order valence-corrected chi connectivity index (χ1v) is 12.0. The average molecular weight is 475 g/mol. The van der Waals surface area contributed by atoms with Crippen LogP contribution in [-0.2, 0) is 28.9 Å². The minimum absolute atomic E-state index is 0.0149. The molecule has 35 heavy (non-hydrogen) atoms. The largest absolute Gasteiger partial charge is 0.497 e. The highest BCUT2D eigenvalue weighted by Crippen LogP contribution is 2.28. The van der Waals surface area contributed by atoms with Crippen molar-refractivity contribution < 1.29 is 19.0 Å². The number of carbonyl (C=O) groups excluding carboxylic acids is 1. The summed E-state index contributed by atoms with van der Waals surface area (Å²) in [6.45, 7) is 3.98. The molecule has 0 saturated carbocycles. The normalized spacial score (nSPS) is 15.5. The van der Waals surface area contributed by atoms with E-state index in [2.05, 4.69) is 11.0 Å². The molecule has 1 fully saturated rings. The molecule has 1 saturated heterocycles. The Hall–Kier alpha value is -3.65. The van der Waals surface area contributed by atoms with Crippen LogP contribution in [-0.4, -0.2) is 67.3 Å². The van der Waals surface area contributed by atoms with E-state index >= 15 is 0 Å². The number of amides is 1. The second-order valence-corrected chi connectivity index (χ2v) is 8.68. The number of fused-ring (bicyclic) bond motifs is 1. The van der Waals surface area contributed by atoms with Gasteiger partial charge in [0.15, 0.2) is 6.61 Å². The number of methoxy groups -OCH3 is 1. The number of hydrogen-bond acceptors (Lipinski definition) is 7. The van der Waals surface area contributed by atoms with Gasteiger partial charge >= 0.3 is 0 Å². The van der Waals surface area contributed by atoms with Crippen LogP contribution in [0.1, 0.15) is 22.6 Å². The molecule has 0 atom stereocenters. The fraction of sp³-hybridized carbons (Fsp3) is 0.370. The summed E-state index contributed by atoms with van der Waals surface area (Å²) in [6, 6.07) is 17.4. The Morgan fingerprint density at radius 2 is 1.80 bits per heavy atom. The van der Waals surface area contributed by atoms with Gasteiger partial charge in [-0.1, -0.05) is 30.3 Å². The van der Waals surface area contributed by atoms with Gasteiger partial charge in [-0.2, -0.15) is 0 Å². The van der Waals surface area contributed by atoms with Crippen molar-refractivity contribution in [2.75, 3.05) is 51.5 Å². The maximum Gasteiger partial charge on any atom is 0.260 e. The summed E-state index contributed by atoms with van der Waals surface area (Å²) >= 11 is 0. The fourth-order valence-electron chi connectivity index (χ4n) is 4.49. The molecule has 8 heteroatoms. The molecule has 0 aliphatic carbocycles. The number of para-hydroxylation sites is 1. The molecule has 2 aliphatic heterocycles. The molecule has 1 amide bonds. The van der Waals surface area contributed by atoms with E-state index in [1.54, 1.807) is 7.11 Å². The number of hydrogen-bond donors (Lipinski definition) is 0. The molecule has 5 rings (SSSR count). The lowest BCUT2D eigenvalue weighted by molar-refractivity contribution is -0.134. The third-order valence-electron chi connectivity index (χ3n) is 6.35. The Morgan fingerprint density at radius 3 is 2.60 bits per heavy atom. The van der Waals surface area contributed by atoms with Crippen molar-refractivity contribution in [3.63, 3.8) is 0 Å². The molecule has 3 aromatic rings. The zero-order valence-corrected chi connectivity index (χ0v) is 20.0. The predicted molar refractivity (Wildman–Crippen MR) is 132 cm³/mol. The van der Waals surface area contributed by atoms with Crippen LogP contribution in [0.15, 0.2) is 54.6 Å². The van der Waals surface area contributed by atoms with Crippen LogP contribution in [0.4, 0.5) is 5.82 Å². The maximum absolute atomic E-state index is 13.0. The van der Waals surface area contributed by atoms with Crippen LogP contribution in [0.3, 0.4) is 0 Å². The van der Waals surface area contributed by atoms with Gasteiger partial charge < -0.3 is 24.0 Å². The predicted octanol–water partition coefficient (Wildman–Crippen LogP) is 2.88. The first-order chi connectivity index (χ1) is 17.2. The number of morpholine rings is 1. The van der Waals surface area contributed by atoms with Crippen LogP contribution < -0.4 is 14.4 Å². The fourth-order valence-corrected chi connectivity index (χ4v) is 4.49. The number of nitrogens with zero attached hydrogens (tertiary/aromatic N) is 4. The first-order valence-electron chi connectivity index (χ1n) is 12.0. The van der Waals surface area contributed by atoms with Gasteiger partial charge in [-0.25, -0.2) is 9.97 Å². The molecule has 2 aromatic carbocycles. The number of benzene rings is 2. The molecule has 1 aromatic heterocycles. The summed E-state index contributed by atoms with van der Waals surface area (Å²) in [6.07, 6.45) is 1.31. The Morgan fingerprint density at radius 1 is 1.00 bits per heavy atom. The van der Waals surface area contributed by atoms with Crippen molar-refractivity contribution in [2.45, 2.75) is 19.4 Å². The van der Waals surface area contributed by atoms with Crippen LogP contribution >= 0.6 is 0 Å². The van der Waals surface area contributed by atoms with Crippen molar-refractivity contribution in [3.05, 3.63) is 77.2 Å². The highest BCUT2D eigenvalue weighted by Gasteiger charge is 2.28. The molecular weight excluding hydrogens is 444 g/mol. The summed E-state index contributed by atoms with van der Waals surface area (Å²) in [5.41, 5.74) is 3.15. The molecular formula is C27H30N4O4. The van der Waals surface area contributed by atoms with E-state index in [1.165, 1.54) is 0 Å². The van der Waals surface area contributed by atoms with Gasteiger partial charge in [0, 0.05) is 38.0 Å². The van der Waals surface area contributed by atoms with Gasteiger partial charge in [0.1, 0.15) is 23.1 Å². The molecule has 8 nitrogen and oxygen atoms in total. The number of ether oxygens (including phenoxy) is 3. The number of aromatic nitrogens is 2. The van der Waals surface area contributed by atoms with E-state index in [9.17, 15) is 4.79 Å².